The number of amides is 1. The first kappa shape index (κ1) is 20.3. The van der Waals surface area contributed by atoms with Gasteiger partial charge in [-0.3, -0.25) is 4.79 Å². The van der Waals surface area contributed by atoms with E-state index >= 15 is 0 Å². The van der Waals surface area contributed by atoms with Crippen LogP contribution in [0.25, 0.3) is 0 Å². The zero-order valence-corrected chi connectivity index (χ0v) is 17.0. The first-order valence-electron chi connectivity index (χ1n) is 9.13. The first-order valence-corrected chi connectivity index (χ1v) is 10.4. The molecule has 1 aliphatic carbocycles. The lowest BCUT2D eigenvalue weighted by Crippen LogP contribution is -2.35. The summed E-state index contributed by atoms with van der Waals surface area (Å²) in [5.41, 5.74) is 2.33. The quantitative estimate of drug-likeness (QED) is 0.720. The van der Waals surface area contributed by atoms with Gasteiger partial charge in [0.2, 0.25) is 0 Å². The Morgan fingerprint density at radius 3 is 2.75 bits per heavy atom. The van der Waals surface area contributed by atoms with Crippen LogP contribution >= 0.6 is 11.8 Å². The minimum absolute atomic E-state index is 0.185. The number of nitriles is 1. The number of thioether (sulfide) groups is 1. The second-order valence-corrected chi connectivity index (χ2v) is 7.90. The molecule has 3 rings (SSSR count). The number of carbonyl (C=O) groups excluding carboxylic acids is 1. The summed E-state index contributed by atoms with van der Waals surface area (Å²) in [5.74, 6) is -0.235. The van der Waals surface area contributed by atoms with Crippen molar-refractivity contribution in [1.29, 1.82) is 5.26 Å². The second-order valence-electron chi connectivity index (χ2n) is 7.11. The van der Waals surface area contributed by atoms with E-state index in [1.54, 1.807) is 12.1 Å². The molecule has 0 saturated heterocycles. The van der Waals surface area contributed by atoms with Crippen LogP contribution in [0.4, 0.5) is 4.39 Å². The standard InChI is InChI=1S/C21H23FN4OS/c1-26(2)19(14-5-4-6-15(22)9-14)12-24-20(27)16-10-18(13-7-8-13)25-21(28-3)17(16)11-23/h4-6,9-10,13,19H,7-8,12H2,1-3H3,(H,24,27)/t19-/m1/s1. The number of nitrogens with zero attached hydrogens (tertiary/aromatic N) is 3. The SMILES string of the molecule is CSc1nc(C2CC2)cc(C(=O)NC[C@H](c2cccc(F)c2)N(C)C)c1C#N. The average Bonchev–Trinajstić information content (AvgIpc) is 3.52. The van der Waals surface area contributed by atoms with Crippen molar-refractivity contribution >= 4 is 17.7 Å². The van der Waals surface area contributed by atoms with E-state index in [4.69, 9.17) is 0 Å². The van der Waals surface area contributed by atoms with Crippen molar-refractivity contribution < 1.29 is 9.18 Å². The third-order valence-corrected chi connectivity index (χ3v) is 5.55. The monoisotopic (exact) mass is 398 g/mol. The number of hydrogen-bond donors (Lipinski definition) is 1. The number of nitrogens with one attached hydrogen (secondary N) is 1. The Kier molecular flexibility index (Phi) is 6.32. The molecule has 0 spiro atoms. The second kappa shape index (κ2) is 8.72. The number of pyridine rings is 1. The Morgan fingerprint density at radius 2 is 2.18 bits per heavy atom. The minimum Gasteiger partial charge on any atom is -0.350 e. The Balaban J connectivity index is 1.84. The summed E-state index contributed by atoms with van der Waals surface area (Å²) >= 11 is 1.38. The smallest absolute Gasteiger partial charge is 0.252 e. The van der Waals surface area contributed by atoms with Crippen LogP contribution in [0.3, 0.4) is 0 Å². The van der Waals surface area contributed by atoms with Crippen LogP contribution in [0, 0.1) is 17.1 Å². The first-order chi connectivity index (χ1) is 13.4. The Morgan fingerprint density at radius 1 is 1.43 bits per heavy atom. The molecule has 7 heteroatoms. The molecular weight excluding hydrogens is 375 g/mol. The molecular formula is C21H23FN4OS. The van der Waals surface area contributed by atoms with E-state index in [1.165, 1.54) is 23.9 Å². The summed E-state index contributed by atoms with van der Waals surface area (Å²) in [4.78, 5) is 19.4. The highest BCUT2D eigenvalue weighted by molar-refractivity contribution is 7.98. The van der Waals surface area contributed by atoms with Gasteiger partial charge >= 0.3 is 0 Å². The van der Waals surface area contributed by atoms with Gasteiger partial charge in [0.15, 0.2) is 0 Å². The van der Waals surface area contributed by atoms with Gasteiger partial charge in [0.05, 0.1) is 17.2 Å². The minimum atomic E-state index is -0.310. The Bertz CT molecular complexity index is 921. The van der Waals surface area contributed by atoms with E-state index in [1.807, 2.05) is 31.3 Å². The summed E-state index contributed by atoms with van der Waals surface area (Å²) in [5, 5.41) is 13.1. The fraction of sp³-hybridized carbons (Fsp3) is 0.381. The van der Waals surface area contributed by atoms with E-state index in [9.17, 15) is 14.4 Å². The number of aromatic nitrogens is 1. The van der Waals surface area contributed by atoms with Crippen molar-refractivity contribution in [2.24, 2.45) is 0 Å². The van der Waals surface area contributed by atoms with Gasteiger partial charge in [-0.25, -0.2) is 9.37 Å². The zero-order valence-electron chi connectivity index (χ0n) is 16.2. The van der Waals surface area contributed by atoms with Crippen molar-refractivity contribution in [2.45, 2.75) is 29.8 Å². The lowest BCUT2D eigenvalue weighted by molar-refractivity contribution is 0.0941. The molecule has 1 amide bonds. The predicted octanol–water partition coefficient (Wildman–Crippen LogP) is 3.72. The molecule has 1 saturated carbocycles. The molecule has 0 bridgehead atoms. The maximum atomic E-state index is 13.6. The number of rotatable bonds is 7. The van der Waals surface area contributed by atoms with Crippen LogP contribution in [0.5, 0.6) is 0 Å². The Labute approximate surface area is 169 Å². The van der Waals surface area contributed by atoms with E-state index in [2.05, 4.69) is 16.4 Å². The fourth-order valence-corrected chi connectivity index (χ4v) is 3.72. The van der Waals surface area contributed by atoms with Crippen LogP contribution in [-0.4, -0.2) is 42.7 Å². The molecule has 0 unspecified atom stereocenters. The summed E-state index contributed by atoms with van der Waals surface area (Å²) in [7, 11) is 3.76. The van der Waals surface area contributed by atoms with Gasteiger partial charge in [0, 0.05) is 18.2 Å². The van der Waals surface area contributed by atoms with E-state index in [0.29, 0.717) is 28.6 Å². The Hall–Kier alpha value is -2.43. The fourth-order valence-electron chi connectivity index (χ4n) is 3.16. The molecule has 1 aliphatic rings. The molecule has 0 radical (unpaired) electrons. The average molecular weight is 399 g/mol. The highest BCUT2D eigenvalue weighted by atomic mass is 32.2. The predicted molar refractivity (Wildman–Crippen MR) is 108 cm³/mol. The molecule has 1 aromatic heterocycles. The number of hydrogen-bond acceptors (Lipinski definition) is 5. The molecule has 2 aromatic rings. The van der Waals surface area contributed by atoms with Crippen LogP contribution in [-0.2, 0) is 0 Å². The normalized spacial score (nSPS) is 14.6. The van der Waals surface area contributed by atoms with Crippen LogP contribution < -0.4 is 5.32 Å². The van der Waals surface area contributed by atoms with Crippen molar-refractivity contribution in [1.82, 2.24) is 15.2 Å². The maximum absolute atomic E-state index is 13.6. The molecule has 28 heavy (non-hydrogen) atoms. The van der Waals surface area contributed by atoms with Gasteiger partial charge in [-0.15, -0.1) is 11.8 Å². The molecule has 0 aliphatic heterocycles. The van der Waals surface area contributed by atoms with E-state index in [-0.39, 0.29) is 17.8 Å². The largest absolute Gasteiger partial charge is 0.350 e. The van der Waals surface area contributed by atoms with Crippen molar-refractivity contribution in [3.63, 3.8) is 0 Å². The summed E-state index contributed by atoms with van der Waals surface area (Å²) in [6.07, 6.45) is 3.99. The third-order valence-electron chi connectivity index (χ3n) is 4.86. The summed E-state index contributed by atoms with van der Waals surface area (Å²) < 4.78 is 13.6. The van der Waals surface area contributed by atoms with Gasteiger partial charge in [0.25, 0.3) is 5.91 Å². The van der Waals surface area contributed by atoms with Gasteiger partial charge in [-0.1, -0.05) is 12.1 Å². The molecule has 5 nitrogen and oxygen atoms in total. The van der Waals surface area contributed by atoms with E-state index < -0.39 is 0 Å². The summed E-state index contributed by atoms with van der Waals surface area (Å²) in [6, 6.07) is 10.1. The molecule has 1 heterocycles. The van der Waals surface area contributed by atoms with Crippen molar-refractivity contribution in [2.75, 3.05) is 26.9 Å². The molecule has 1 aromatic carbocycles. The number of benzene rings is 1. The number of halogens is 1. The highest BCUT2D eigenvalue weighted by Gasteiger charge is 2.28. The van der Waals surface area contributed by atoms with Crippen LogP contribution in [0.2, 0.25) is 0 Å². The number of likely N-dealkylation sites (N-methyl/N-ethyl adjacent to an activating group) is 1. The number of carbonyl (C=O) groups is 1. The third kappa shape index (κ3) is 4.51. The zero-order chi connectivity index (χ0) is 20.3. The van der Waals surface area contributed by atoms with Crippen molar-refractivity contribution in [3.8, 4) is 6.07 Å². The van der Waals surface area contributed by atoms with Crippen LogP contribution in [0.15, 0.2) is 35.4 Å². The van der Waals surface area contributed by atoms with E-state index in [0.717, 1.165) is 24.1 Å². The summed E-state index contributed by atoms with van der Waals surface area (Å²) in [6.45, 7) is 0.301. The van der Waals surface area contributed by atoms with Gasteiger partial charge in [-0.05, 0) is 57.0 Å². The molecule has 146 valence electrons. The highest BCUT2D eigenvalue weighted by Crippen LogP contribution is 2.40. The molecule has 1 N–H and O–H groups in total. The van der Waals surface area contributed by atoms with Crippen LogP contribution in [0.1, 0.15) is 52.0 Å². The maximum Gasteiger partial charge on any atom is 0.252 e. The van der Waals surface area contributed by atoms with Gasteiger partial charge in [0.1, 0.15) is 16.9 Å². The van der Waals surface area contributed by atoms with Gasteiger partial charge < -0.3 is 10.2 Å². The lowest BCUT2D eigenvalue weighted by Gasteiger charge is -2.25. The lowest BCUT2D eigenvalue weighted by atomic mass is 10.0. The van der Waals surface area contributed by atoms with Crippen molar-refractivity contribution in [3.05, 3.63) is 58.5 Å². The molecule has 1 atom stereocenters. The molecule has 1 fully saturated rings. The van der Waals surface area contributed by atoms with Gasteiger partial charge in [-0.2, -0.15) is 5.26 Å². The topological polar surface area (TPSA) is 69.0 Å².